The quantitative estimate of drug-likeness (QED) is 0.492. The van der Waals surface area contributed by atoms with Gasteiger partial charge in [-0.1, -0.05) is 48.2 Å². The van der Waals surface area contributed by atoms with Crippen molar-refractivity contribution in [1.29, 1.82) is 0 Å². The molecule has 0 unspecified atom stereocenters. The minimum atomic E-state index is -3.18. The summed E-state index contributed by atoms with van der Waals surface area (Å²) in [5, 5.41) is 2.90. The van der Waals surface area contributed by atoms with Crippen LogP contribution in [0.25, 0.3) is 0 Å². The van der Waals surface area contributed by atoms with Crippen molar-refractivity contribution in [2.75, 3.05) is 16.4 Å². The molecular formula is C25H28IN3O5S2. The molecule has 2 heterocycles. The Bertz CT molecular complexity index is 1280. The van der Waals surface area contributed by atoms with Crippen molar-refractivity contribution in [3.8, 4) is 0 Å². The Morgan fingerprint density at radius 2 is 1.89 bits per heavy atom. The largest absolute Gasteiger partial charge is 0.444 e. The first kappa shape index (κ1) is 26.9. The van der Waals surface area contributed by atoms with Crippen LogP contribution in [0.4, 0.5) is 10.5 Å². The number of nitrogens with zero attached hydrogens (tertiary/aromatic N) is 2. The summed E-state index contributed by atoms with van der Waals surface area (Å²) in [4.78, 5) is 32.3. The summed E-state index contributed by atoms with van der Waals surface area (Å²) in [5.41, 5.74) is 0.927. The number of halogens is 1. The highest BCUT2D eigenvalue weighted by molar-refractivity contribution is 14.1. The van der Waals surface area contributed by atoms with Crippen LogP contribution in [-0.2, 0) is 25.8 Å². The van der Waals surface area contributed by atoms with Crippen molar-refractivity contribution < 1.29 is 22.7 Å². The van der Waals surface area contributed by atoms with Crippen LogP contribution in [0.15, 0.2) is 59.6 Å². The summed E-state index contributed by atoms with van der Waals surface area (Å²) in [5.74, 6) is -0.474. The SMILES string of the molecule is CC(C)(C)OC(=O)N[C@H](Cc1ccccc1)C(=O)N=C1S[C@@H]2CS(=O)(=O)C[C@@H]2N1c1cccc(I)c1. The molecule has 2 amide bonds. The monoisotopic (exact) mass is 641 g/mol. The first-order valence-corrected chi connectivity index (χ1v) is 15.3. The van der Waals surface area contributed by atoms with Crippen LogP contribution in [0.3, 0.4) is 0 Å². The topological polar surface area (TPSA) is 105 Å². The average Bonchev–Trinajstić information content (AvgIpc) is 3.23. The van der Waals surface area contributed by atoms with Crippen molar-refractivity contribution in [2.45, 2.75) is 50.1 Å². The Labute approximate surface area is 229 Å². The third kappa shape index (κ3) is 6.80. The molecule has 192 valence electrons. The van der Waals surface area contributed by atoms with E-state index in [9.17, 15) is 18.0 Å². The normalized spacial score (nSPS) is 22.8. The van der Waals surface area contributed by atoms with Crippen molar-refractivity contribution in [1.82, 2.24) is 5.32 Å². The summed E-state index contributed by atoms with van der Waals surface area (Å²) in [6.07, 6.45) is -0.460. The molecule has 1 N–H and O–H groups in total. The molecule has 3 atom stereocenters. The number of carbonyl (C=O) groups is 2. The Morgan fingerprint density at radius 3 is 2.56 bits per heavy atom. The van der Waals surface area contributed by atoms with Gasteiger partial charge in [0.15, 0.2) is 15.0 Å². The number of hydrogen-bond donors (Lipinski definition) is 1. The number of alkyl carbamates (subject to hydrolysis) is 1. The van der Waals surface area contributed by atoms with E-state index in [1.807, 2.05) is 59.5 Å². The molecule has 2 fully saturated rings. The van der Waals surface area contributed by atoms with E-state index in [0.29, 0.717) is 5.17 Å². The van der Waals surface area contributed by atoms with Crippen LogP contribution in [0, 0.1) is 3.57 Å². The minimum Gasteiger partial charge on any atom is -0.444 e. The molecule has 4 rings (SSSR count). The lowest BCUT2D eigenvalue weighted by atomic mass is 10.1. The van der Waals surface area contributed by atoms with Gasteiger partial charge in [0.1, 0.15) is 11.6 Å². The molecule has 11 heteroatoms. The molecule has 2 aromatic rings. The minimum absolute atomic E-state index is 0.00690. The molecule has 0 aliphatic carbocycles. The van der Waals surface area contributed by atoms with Crippen molar-refractivity contribution in [3.63, 3.8) is 0 Å². The van der Waals surface area contributed by atoms with Crippen LogP contribution < -0.4 is 10.2 Å². The fourth-order valence-corrected chi connectivity index (χ4v) is 8.61. The molecule has 36 heavy (non-hydrogen) atoms. The van der Waals surface area contributed by atoms with Crippen LogP contribution in [-0.4, -0.2) is 60.0 Å². The molecule has 2 aromatic carbocycles. The number of ether oxygens (including phenoxy) is 1. The van der Waals surface area contributed by atoms with Gasteiger partial charge in [-0.25, -0.2) is 13.2 Å². The highest BCUT2D eigenvalue weighted by Crippen LogP contribution is 2.41. The number of sulfone groups is 1. The van der Waals surface area contributed by atoms with Gasteiger partial charge in [0.05, 0.1) is 17.5 Å². The molecule has 0 radical (unpaired) electrons. The second kappa shape index (κ2) is 10.7. The van der Waals surface area contributed by atoms with E-state index >= 15 is 0 Å². The number of aliphatic imine (C=N–C) groups is 1. The number of benzene rings is 2. The Morgan fingerprint density at radius 1 is 1.17 bits per heavy atom. The van der Waals surface area contributed by atoms with Gasteiger partial charge in [0, 0.05) is 20.9 Å². The van der Waals surface area contributed by atoms with Gasteiger partial charge in [-0.3, -0.25) is 4.79 Å². The fourth-order valence-electron chi connectivity index (χ4n) is 4.16. The molecule has 0 saturated carbocycles. The number of nitrogens with one attached hydrogen (secondary N) is 1. The standard InChI is InChI=1S/C25H28IN3O5S2/c1-25(2,3)34-24(31)27-19(12-16-8-5-4-6-9-16)22(30)28-23-29(18-11-7-10-17(26)13-18)20-14-36(32,33)15-21(20)35-23/h4-11,13,19-21H,12,14-15H2,1-3H3,(H,27,31)/t19-,20+,21-/m1/s1. The van der Waals surface area contributed by atoms with E-state index < -0.39 is 33.5 Å². The lowest BCUT2D eigenvalue weighted by molar-refractivity contribution is -0.119. The number of amidine groups is 1. The average molecular weight is 642 g/mol. The third-order valence-corrected chi connectivity index (χ3v) is 9.51. The third-order valence-electron chi connectivity index (χ3n) is 5.63. The van der Waals surface area contributed by atoms with Crippen molar-refractivity contribution in [3.05, 3.63) is 63.7 Å². The molecule has 2 aliphatic rings. The number of carbonyl (C=O) groups excluding carboxylic acids is 2. The van der Waals surface area contributed by atoms with Crippen LogP contribution in [0.5, 0.6) is 0 Å². The molecule has 8 nitrogen and oxygen atoms in total. The molecular weight excluding hydrogens is 613 g/mol. The van der Waals surface area contributed by atoms with Gasteiger partial charge >= 0.3 is 6.09 Å². The van der Waals surface area contributed by atoms with E-state index in [1.54, 1.807) is 20.8 Å². The molecule has 0 bridgehead atoms. The summed E-state index contributed by atoms with van der Waals surface area (Å²) < 4.78 is 31.1. The van der Waals surface area contributed by atoms with Gasteiger partial charge in [-0.05, 0) is 67.1 Å². The zero-order chi connectivity index (χ0) is 26.1. The highest BCUT2D eigenvalue weighted by Gasteiger charge is 2.49. The lowest BCUT2D eigenvalue weighted by Crippen LogP contribution is -2.45. The summed E-state index contributed by atoms with van der Waals surface area (Å²) in [7, 11) is -3.18. The maximum atomic E-state index is 13.5. The Hall–Kier alpha value is -2.12. The van der Waals surface area contributed by atoms with Crippen LogP contribution in [0.1, 0.15) is 26.3 Å². The van der Waals surface area contributed by atoms with Crippen molar-refractivity contribution >= 4 is 67.0 Å². The smallest absolute Gasteiger partial charge is 0.408 e. The van der Waals surface area contributed by atoms with E-state index in [0.717, 1.165) is 14.8 Å². The number of hydrogen-bond acceptors (Lipinski definition) is 6. The van der Waals surface area contributed by atoms with Gasteiger partial charge < -0.3 is 15.0 Å². The van der Waals surface area contributed by atoms with Gasteiger partial charge in [-0.15, -0.1) is 0 Å². The number of anilines is 1. The first-order chi connectivity index (χ1) is 16.9. The van der Waals surface area contributed by atoms with Crippen LogP contribution >= 0.6 is 34.4 Å². The molecule has 2 saturated heterocycles. The Kier molecular flexibility index (Phi) is 8.01. The Balaban J connectivity index is 1.65. The molecule has 2 aliphatic heterocycles. The molecule has 0 spiro atoms. The second-order valence-corrected chi connectivity index (χ2v) is 14.4. The highest BCUT2D eigenvalue weighted by atomic mass is 127. The number of rotatable bonds is 5. The number of fused-ring (bicyclic) bond motifs is 1. The summed E-state index contributed by atoms with van der Waals surface area (Å²) in [6.45, 7) is 5.26. The maximum Gasteiger partial charge on any atom is 0.408 e. The predicted octanol–water partition coefficient (Wildman–Crippen LogP) is 4.03. The van der Waals surface area contributed by atoms with Crippen molar-refractivity contribution in [2.24, 2.45) is 4.99 Å². The lowest BCUT2D eigenvalue weighted by Gasteiger charge is -2.25. The summed E-state index contributed by atoms with van der Waals surface area (Å²) in [6, 6.07) is 15.8. The van der Waals surface area contributed by atoms with E-state index in [-0.39, 0.29) is 29.2 Å². The number of amides is 2. The fraction of sp³-hybridized carbons (Fsp3) is 0.400. The second-order valence-electron chi connectivity index (χ2n) is 9.77. The van der Waals surface area contributed by atoms with E-state index in [2.05, 4.69) is 32.9 Å². The predicted molar refractivity (Wildman–Crippen MR) is 151 cm³/mol. The van der Waals surface area contributed by atoms with E-state index in [1.165, 1.54) is 11.8 Å². The number of thioether (sulfide) groups is 1. The molecule has 0 aromatic heterocycles. The van der Waals surface area contributed by atoms with Crippen LogP contribution in [0.2, 0.25) is 0 Å². The van der Waals surface area contributed by atoms with Gasteiger partial charge in [0.2, 0.25) is 0 Å². The zero-order valence-corrected chi connectivity index (χ0v) is 24.0. The maximum absolute atomic E-state index is 13.5. The van der Waals surface area contributed by atoms with E-state index in [4.69, 9.17) is 4.74 Å². The van der Waals surface area contributed by atoms with Gasteiger partial charge in [0.25, 0.3) is 5.91 Å². The first-order valence-electron chi connectivity index (χ1n) is 11.5. The summed E-state index contributed by atoms with van der Waals surface area (Å²) >= 11 is 3.50. The zero-order valence-electron chi connectivity index (χ0n) is 20.2. The van der Waals surface area contributed by atoms with Gasteiger partial charge in [-0.2, -0.15) is 4.99 Å².